The summed E-state index contributed by atoms with van der Waals surface area (Å²) in [5.74, 6) is 0.234. The van der Waals surface area contributed by atoms with Crippen LogP contribution in [0.4, 0.5) is 4.39 Å². The van der Waals surface area contributed by atoms with Gasteiger partial charge in [0, 0.05) is 32.1 Å². The molecule has 0 aromatic carbocycles. The van der Waals surface area contributed by atoms with Crippen LogP contribution in [0.1, 0.15) is 0 Å². The molecular weight excluding hydrogens is 119 g/mol. The molecule has 2 aliphatic rings. The van der Waals surface area contributed by atoms with Crippen molar-refractivity contribution in [2.24, 2.45) is 5.92 Å². The van der Waals surface area contributed by atoms with Crippen molar-refractivity contribution in [1.82, 2.24) is 10.6 Å². The molecule has 0 unspecified atom stereocenters. The summed E-state index contributed by atoms with van der Waals surface area (Å²) in [6.07, 6.45) is 0. The Bertz CT molecular complexity index is 116. The van der Waals surface area contributed by atoms with Gasteiger partial charge in [-0.2, -0.15) is 0 Å². The number of rotatable bonds is 0. The zero-order valence-electron chi connectivity index (χ0n) is 5.28. The highest BCUT2D eigenvalue weighted by Crippen LogP contribution is 2.28. The van der Waals surface area contributed by atoms with E-state index < -0.39 is 5.67 Å². The first kappa shape index (κ1) is 5.62. The maximum atomic E-state index is 13.4. The minimum Gasteiger partial charge on any atom is -0.313 e. The summed E-state index contributed by atoms with van der Waals surface area (Å²) in [6, 6.07) is 0. The molecular formula is C6H11FN2. The first-order valence-corrected chi connectivity index (χ1v) is 3.42. The van der Waals surface area contributed by atoms with Crippen molar-refractivity contribution < 1.29 is 4.39 Å². The molecule has 52 valence electrons. The van der Waals surface area contributed by atoms with Crippen molar-refractivity contribution in [3.05, 3.63) is 0 Å². The van der Waals surface area contributed by atoms with Crippen molar-refractivity contribution >= 4 is 0 Å². The van der Waals surface area contributed by atoms with Crippen molar-refractivity contribution in [3.8, 4) is 0 Å². The number of alkyl halides is 1. The van der Waals surface area contributed by atoms with Crippen LogP contribution in [-0.4, -0.2) is 31.8 Å². The average molecular weight is 130 g/mol. The van der Waals surface area contributed by atoms with E-state index >= 15 is 0 Å². The van der Waals surface area contributed by atoms with Crippen molar-refractivity contribution in [2.45, 2.75) is 5.67 Å². The van der Waals surface area contributed by atoms with Gasteiger partial charge in [0.15, 0.2) is 0 Å². The lowest BCUT2D eigenvalue weighted by Crippen LogP contribution is -2.33. The second-order valence-electron chi connectivity index (χ2n) is 2.99. The fourth-order valence-electron chi connectivity index (χ4n) is 1.70. The zero-order valence-corrected chi connectivity index (χ0v) is 5.28. The SMILES string of the molecule is FC12CNCC1CNC2. The summed E-state index contributed by atoms with van der Waals surface area (Å²) in [5, 5.41) is 6.10. The molecule has 2 N–H and O–H groups in total. The van der Waals surface area contributed by atoms with Gasteiger partial charge in [-0.25, -0.2) is 4.39 Å². The molecule has 2 saturated heterocycles. The number of fused-ring (bicyclic) bond motifs is 1. The molecule has 0 radical (unpaired) electrons. The molecule has 0 atom stereocenters. The third-order valence-electron chi connectivity index (χ3n) is 2.35. The highest BCUT2D eigenvalue weighted by molar-refractivity contribution is 5.02. The van der Waals surface area contributed by atoms with Crippen molar-refractivity contribution in [1.29, 1.82) is 0 Å². The molecule has 2 fully saturated rings. The van der Waals surface area contributed by atoms with E-state index in [0.29, 0.717) is 13.1 Å². The third kappa shape index (κ3) is 0.682. The second kappa shape index (κ2) is 1.67. The fourth-order valence-corrected chi connectivity index (χ4v) is 1.70. The highest BCUT2D eigenvalue weighted by atomic mass is 19.1. The summed E-state index contributed by atoms with van der Waals surface area (Å²) in [5.41, 5.74) is -0.917. The topological polar surface area (TPSA) is 24.1 Å². The molecule has 9 heavy (non-hydrogen) atoms. The Morgan fingerprint density at radius 1 is 1.22 bits per heavy atom. The van der Waals surface area contributed by atoms with E-state index in [4.69, 9.17) is 0 Å². The average Bonchev–Trinajstić information content (AvgIpc) is 2.22. The normalized spacial score (nSPS) is 49.7. The van der Waals surface area contributed by atoms with Gasteiger partial charge in [0.2, 0.25) is 0 Å². The van der Waals surface area contributed by atoms with Crippen LogP contribution in [0.15, 0.2) is 0 Å². The van der Waals surface area contributed by atoms with Gasteiger partial charge >= 0.3 is 0 Å². The van der Waals surface area contributed by atoms with Crippen LogP contribution >= 0.6 is 0 Å². The molecule has 0 amide bonds. The second-order valence-corrected chi connectivity index (χ2v) is 2.99. The number of halogens is 1. The standard InChI is InChI=1S/C6H11FN2/c7-6-3-8-1-5(6)2-9-4-6/h5,8-9H,1-4H2. The quantitative estimate of drug-likeness (QED) is 0.462. The summed E-state index contributed by atoms with van der Waals surface area (Å²) < 4.78 is 13.4. The lowest BCUT2D eigenvalue weighted by Gasteiger charge is -2.14. The Kier molecular flexibility index (Phi) is 1.04. The highest BCUT2D eigenvalue weighted by Gasteiger charge is 2.46. The van der Waals surface area contributed by atoms with E-state index in [1.54, 1.807) is 0 Å². The van der Waals surface area contributed by atoms with Gasteiger partial charge in [0.25, 0.3) is 0 Å². The maximum absolute atomic E-state index is 13.4. The molecule has 0 spiro atoms. The largest absolute Gasteiger partial charge is 0.313 e. The minimum absolute atomic E-state index is 0.234. The van der Waals surface area contributed by atoms with Crippen LogP contribution < -0.4 is 10.6 Å². The lowest BCUT2D eigenvalue weighted by atomic mass is 9.97. The Morgan fingerprint density at radius 2 is 1.78 bits per heavy atom. The van der Waals surface area contributed by atoms with E-state index in [2.05, 4.69) is 10.6 Å². The summed E-state index contributed by atoms with van der Waals surface area (Å²) in [6.45, 7) is 2.79. The van der Waals surface area contributed by atoms with Gasteiger partial charge in [0.1, 0.15) is 5.67 Å². The van der Waals surface area contributed by atoms with Gasteiger partial charge in [-0.05, 0) is 0 Å². The van der Waals surface area contributed by atoms with E-state index in [-0.39, 0.29) is 5.92 Å². The maximum Gasteiger partial charge on any atom is 0.140 e. The first-order chi connectivity index (χ1) is 4.31. The first-order valence-electron chi connectivity index (χ1n) is 3.42. The summed E-state index contributed by atoms with van der Waals surface area (Å²) >= 11 is 0. The predicted molar refractivity (Wildman–Crippen MR) is 33.1 cm³/mol. The fraction of sp³-hybridized carbons (Fsp3) is 1.00. The van der Waals surface area contributed by atoms with Gasteiger partial charge in [-0.1, -0.05) is 0 Å². The Hall–Kier alpha value is -0.150. The van der Waals surface area contributed by atoms with E-state index in [0.717, 1.165) is 13.1 Å². The van der Waals surface area contributed by atoms with Crippen LogP contribution in [0.5, 0.6) is 0 Å². The van der Waals surface area contributed by atoms with Gasteiger partial charge in [-0.3, -0.25) is 0 Å². The lowest BCUT2D eigenvalue weighted by molar-refractivity contribution is 0.177. The molecule has 0 saturated carbocycles. The summed E-state index contributed by atoms with van der Waals surface area (Å²) in [4.78, 5) is 0. The number of hydrogen-bond acceptors (Lipinski definition) is 2. The van der Waals surface area contributed by atoms with Crippen LogP contribution in [-0.2, 0) is 0 Å². The van der Waals surface area contributed by atoms with E-state index in [1.165, 1.54) is 0 Å². The third-order valence-corrected chi connectivity index (χ3v) is 2.35. The van der Waals surface area contributed by atoms with Gasteiger partial charge in [-0.15, -0.1) is 0 Å². The molecule has 3 heteroatoms. The van der Waals surface area contributed by atoms with E-state index in [9.17, 15) is 4.39 Å². The van der Waals surface area contributed by atoms with Gasteiger partial charge < -0.3 is 10.6 Å². The van der Waals surface area contributed by atoms with Crippen LogP contribution in [0, 0.1) is 5.92 Å². The Balaban J connectivity index is 2.17. The molecule has 2 aliphatic heterocycles. The van der Waals surface area contributed by atoms with Crippen LogP contribution in [0.3, 0.4) is 0 Å². The Labute approximate surface area is 53.8 Å². The monoisotopic (exact) mass is 130 g/mol. The Morgan fingerprint density at radius 3 is 2.22 bits per heavy atom. The predicted octanol–water partition coefficient (Wildman–Crippen LogP) is -0.483. The van der Waals surface area contributed by atoms with Crippen LogP contribution in [0.2, 0.25) is 0 Å². The van der Waals surface area contributed by atoms with Gasteiger partial charge in [0.05, 0.1) is 0 Å². The summed E-state index contributed by atoms with van der Waals surface area (Å²) in [7, 11) is 0. The van der Waals surface area contributed by atoms with Crippen LogP contribution in [0.25, 0.3) is 0 Å². The molecule has 0 bridgehead atoms. The smallest absolute Gasteiger partial charge is 0.140 e. The minimum atomic E-state index is -0.917. The number of hydrogen-bond donors (Lipinski definition) is 2. The molecule has 2 rings (SSSR count). The molecule has 0 aromatic heterocycles. The molecule has 0 aliphatic carbocycles. The number of nitrogens with one attached hydrogen (secondary N) is 2. The van der Waals surface area contributed by atoms with Crippen molar-refractivity contribution in [2.75, 3.05) is 26.2 Å². The molecule has 0 aromatic rings. The van der Waals surface area contributed by atoms with E-state index in [1.807, 2.05) is 0 Å². The van der Waals surface area contributed by atoms with Crippen molar-refractivity contribution in [3.63, 3.8) is 0 Å². The molecule has 2 nitrogen and oxygen atoms in total. The molecule has 2 heterocycles. The zero-order chi connectivity index (χ0) is 6.32.